The van der Waals surface area contributed by atoms with Crippen LogP contribution >= 0.6 is 11.3 Å². The predicted octanol–water partition coefficient (Wildman–Crippen LogP) is -0.370. The molecular formula is C12H21N5OS. The Hall–Kier alpha value is -1.18. The Bertz CT molecular complexity index is 436. The number of likely N-dealkylation sites (N-methyl/N-ethyl adjacent to an activating group) is 2. The average molecular weight is 283 g/mol. The van der Waals surface area contributed by atoms with Crippen LogP contribution < -0.4 is 11.1 Å². The normalized spacial score (nSPS) is 21.5. The van der Waals surface area contributed by atoms with Gasteiger partial charge in [-0.2, -0.15) is 0 Å². The summed E-state index contributed by atoms with van der Waals surface area (Å²) in [6.07, 6.45) is 0.306. The van der Waals surface area contributed by atoms with Crippen molar-refractivity contribution in [1.82, 2.24) is 20.1 Å². The Morgan fingerprint density at radius 3 is 3.05 bits per heavy atom. The van der Waals surface area contributed by atoms with Gasteiger partial charge in [-0.15, -0.1) is 11.3 Å². The van der Waals surface area contributed by atoms with Gasteiger partial charge in [0.1, 0.15) is 0 Å². The number of hydrogen-bond acceptors (Lipinski definition) is 6. The number of carbonyl (C=O) groups is 1. The Labute approximate surface area is 117 Å². The zero-order chi connectivity index (χ0) is 13.8. The highest BCUT2D eigenvalue weighted by molar-refractivity contribution is 7.13. The summed E-state index contributed by atoms with van der Waals surface area (Å²) in [5.41, 5.74) is 6.29. The fraction of sp³-hybridized carbons (Fsp3) is 0.667. The minimum absolute atomic E-state index is 0.00641. The van der Waals surface area contributed by atoms with Crippen LogP contribution in [-0.4, -0.2) is 67.0 Å². The molecule has 1 unspecified atom stereocenters. The Balaban J connectivity index is 1.76. The van der Waals surface area contributed by atoms with Gasteiger partial charge in [-0.05, 0) is 14.1 Å². The molecule has 1 amide bonds. The van der Waals surface area contributed by atoms with Gasteiger partial charge in [0.05, 0.1) is 12.1 Å². The van der Waals surface area contributed by atoms with Gasteiger partial charge in [-0.1, -0.05) is 0 Å². The molecule has 0 spiro atoms. The zero-order valence-electron chi connectivity index (χ0n) is 11.4. The summed E-state index contributed by atoms with van der Waals surface area (Å²) in [4.78, 5) is 20.5. The molecular weight excluding hydrogens is 262 g/mol. The lowest BCUT2D eigenvalue weighted by Crippen LogP contribution is -2.54. The highest BCUT2D eigenvalue weighted by atomic mass is 32.1. The summed E-state index contributed by atoms with van der Waals surface area (Å²) in [7, 11) is 4.21. The quantitative estimate of drug-likeness (QED) is 0.789. The summed E-state index contributed by atoms with van der Waals surface area (Å²) >= 11 is 1.36. The lowest BCUT2D eigenvalue weighted by molar-refractivity contribution is -0.120. The van der Waals surface area contributed by atoms with Crippen LogP contribution in [0, 0.1) is 0 Å². The predicted molar refractivity (Wildman–Crippen MR) is 77.2 cm³/mol. The number of amides is 1. The van der Waals surface area contributed by atoms with E-state index in [2.05, 4.69) is 34.2 Å². The van der Waals surface area contributed by atoms with Crippen LogP contribution in [0.3, 0.4) is 0 Å². The molecule has 2 heterocycles. The molecule has 6 nitrogen and oxygen atoms in total. The topological polar surface area (TPSA) is 74.5 Å². The van der Waals surface area contributed by atoms with Crippen LogP contribution in [0.15, 0.2) is 5.38 Å². The first-order chi connectivity index (χ1) is 9.04. The second kappa shape index (κ2) is 6.31. The van der Waals surface area contributed by atoms with Crippen molar-refractivity contribution in [2.75, 3.05) is 46.0 Å². The lowest BCUT2D eigenvalue weighted by atomic mass is 10.2. The van der Waals surface area contributed by atoms with Crippen molar-refractivity contribution in [2.24, 2.45) is 0 Å². The summed E-state index contributed by atoms with van der Waals surface area (Å²) in [6.45, 7) is 3.79. The SMILES string of the molecule is CN1CCN(C)C(CNC(=O)Cc2csc(N)n2)C1. The van der Waals surface area contributed by atoms with Crippen molar-refractivity contribution >= 4 is 22.4 Å². The number of anilines is 1. The summed E-state index contributed by atoms with van der Waals surface area (Å²) in [5.74, 6) is 0.00641. The molecule has 19 heavy (non-hydrogen) atoms. The van der Waals surface area contributed by atoms with Crippen molar-refractivity contribution in [2.45, 2.75) is 12.5 Å². The van der Waals surface area contributed by atoms with Crippen molar-refractivity contribution in [3.8, 4) is 0 Å². The van der Waals surface area contributed by atoms with E-state index in [4.69, 9.17) is 5.73 Å². The third-order valence-electron chi connectivity index (χ3n) is 3.43. The molecule has 1 aromatic heterocycles. The summed E-state index contributed by atoms with van der Waals surface area (Å²) < 4.78 is 0. The third kappa shape index (κ3) is 4.15. The molecule has 3 N–H and O–H groups in total. The third-order valence-corrected chi connectivity index (χ3v) is 4.15. The molecule has 7 heteroatoms. The molecule has 1 aliphatic heterocycles. The second-order valence-electron chi connectivity index (χ2n) is 5.05. The number of nitrogen functional groups attached to an aromatic ring is 1. The maximum atomic E-state index is 11.8. The number of rotatable bonds is 4. The van der Waals surface area contributed by atoms with Gasteiger partial charge in [0.2, 0.25) is 5.91 Å². The van der Waals surface area contributed by atoms with E-state index >= 15 is 0 Å². The van der Waals surface area contributed by atoms with Crippen molar-refractivity contribution in [3.63, 3.8) is 0 Å². The number of nitrogens with zero attached hydrogens (tertiary/aromatic N) is 3. The highest BCUT2D eigenvalue weighted by Gasteiger charge is 2.22. The number of nitrogens with two attached hydrogens (primary N) is 1. The molecule has 1 atom stereocenters. The van der Waals surface area contributed by atoms with E-state index in [1.165, 1.54) is 11.3 Å². The van der Waals surface area contributed by atoms with Gasteiger partial charge in [0.15, 0.2) is 5.13 Å². The van der Waals surface area contributed by atoms with E-state index in [9.17, 15) is 4.79 Å². The smallest absolute Gasteiger partial charge is 0.226 e. The van der Waals surface area contributed by atoms with E-state index in [-0.39, 0.29) is 5.91 Å². The van der Waals surface area contributed by atoms with Gasteiger partial charge in [0.25, 0.3) is 0 Å². The first-order valence-corrected chi connectivity index (χ1v) is 7.28. The zero-order valence-corrected chi connectivity index (χ0v) is 12.2. The first-order valence-electron chi connectivity index (χ1n) is 6.40. The van der Waals surface area contributed by atoms with Crippen LogP contribution in [0.4, 0.5) is 5.13 Å². The molecule has 1 aliphatic rings. The van der Waals surface area contributed by atoms with Crippen LogP contribution in [0.1, 0.15) is 5.69 Å². The van der Waals surface area contributed by atoms with Crippen LogP contribution in [-0.2, 0) is 11.2 Å². The van der Waals surface area contributed by atoms with E-state index < -0.39 is 0 Å². The molecule has 0 bridgehead atoms. The van der Waals surface area contributed by atoms with Crippen LogP contribution in [0.25, 0.3) is 0 Å². The van der Waals surface area contributed by atoms with Gasteiger partial charge in [-0.25, -0.2) is 4.98 Å². The van der Waals surface area contributed by atoms with E-state index in [0.29, 0.717) is 24.1 Å². The standard InChI is InChI=1S/C12H21N5OS/c1-16-3-4-17(2)10(7-16)6-14-11(18)5-9-8-19-12(13)15-9/h8,10H,3-7H2,1-2H3,(H2,13,15)(H,14,18). The van der Waals surface area contributed by atoms with E-state index in [1.807, 2.05) is 5.38 Å². The fourth-order valence-electron chi connectivity index (χ4n) is 2.18. The van der Waals surface area contributed by atoms with Gasteiger partial charge < -0.3 is 16.0 Å². The average Bonchev–Trinajstić information content (AvgIpc) is 2.76. The Morgan fingerprint density at radius 2 is 2.37 bits per heavy atom. The maximum Gasteiger partial charge on any atom is 0.226 e. The Morgan fingerprint density at radius 1 is 1.58 bits per heavy atom. The Kier molecular flexibility index (Phi) is 4.73. The summed E-state index contributed by atoms with van der Waals surface area (Å²) in [5, 5.41) is 5.32. The van der Waals surface area contributed by atoms with Crippen LogP contribution in [0.2, 0.25) is 0 Å². The minimum Gasteiger partial charge on any atom is -0.375 e. The molecule has 0 aromatic carbocycles. The number of thiazole rings is 1. The first kappa shape index (κ1) is 14.2. The number of piperazine rings is 1. The monoisotopic (exact) mass is 283 g/mol. The number of hydrogen-bond donors (Lipinski definition) is 2. The van der Waals surface area contributed by atoms with Crippen molar-refractivity contribution in [1.29, 1.82) is 0 Å². The molecule has 106 valence electrons. The molecule has 1 aromatic rings. The number of carbonyl (C=O) groups excluding carboxylic acids is 1. The van der Waals surface area contributed by atoms with Gasteiger partial charge in [0, 0.05) is 37.6 Å². The fourth-order valence-corrected chi connectivity index (χ4v) is 2.75. The molecule has 0 aliphatic carbocycles. The van der Waals surface area contributed by atoms with Crippen LogP contribution in [0.5, 0.6) is 0 Å². The van der Waals surface area contributed by atoms with Crippen molar-refractivity contribution < 1.29 is 4.79 Å². The number of nitrogens with one attached hydrogen (secondary N) is 1. The van der Waals surface area contributed by atoms with E-state index in [1.54, 1.807) is 0 Å². The highest BCUT2D eigenvalue weighted by Crippen LogP contribution is 2.11. The molecule has 1 fully saturated rings. The molecule has 0 saturated carbocycles. The largest absolute Gasteiger partial charge is 0.375 e. The minimum atomic E-state index is 0.00641. The maximum absolute atomic E-state index is 11.8. The number of aromatic nitrogens is 1. The van der Waals surface area contributed by atoms with E-state index in [0.717, 1.165) is 25.3 Å². The van der Waals surface area contributed by atoms with Crippen molar-refractivity contribution in [3.05, 3.63) is 11.1 Å². The van der Waals surface area contributed by atoms with Gasteiger partial charge in [-0.3, -0.25) is 9.69 Å². The lowest BCUT2D eigenvalue weighted by Gasteiger charge is -2.37. The summed E-state index contributed by atoms with van der Waals surface area (Å²) in [6, 6.07) is 0.378. The molecule has 1 saturated heterocycles. The molecule has 0 radical (unpaired) electrons. The molecule has 2 rings (SSSR count). The van der Waals surface area contributed by atoms with Gasteiger partial charge >= 0.3 is 0 Å². The second-order valence-corrected chi connectivity index (χ2v) is 5.94.